The van der Waals surface area contributed by atoms with Gasteiger partial charge in [-0.15, -0.1) is 0 Å². The van der Waals surface area contributed by atoms with E-state index in [9.17, 15) is 4.79 Å². The highest BCUT2D eigenvalue weighted by Crippen LogP contribution is 2.24. The summed E-state index contributed by atoms with van der Waals surface area (Å²) in [7, 11) is 3.15. The van der Waals surface area contributed by atoms with Crippen LogP contribution in [0.4, 0.5) is 0 Å². The number of hydrogen-bond acceptors (Lipinski definition) is 4. The molecule has 0 unspecified atom stereocenters. The van der Waals surface area contributed by atoms with Crippen molar-refractivity contribution < 1.29 is 14.2 Å². The van der Waals surface area contributed by atoms with Crippen LogP contribution in [0, 0.1) is 6.92 Å². The van der Waals surface area contributed by atoms with Crippen LogP contribution < -0.4 is 10.3 Å². The van der Waals surface area contributed by atoms with Crippen molar-refractivity contribution >= 4 is 32.5 Å². The molecule has 1 heterocycles. The number of aryl methyl sites for hydroxylation is 1. The van der Waals surface area contributed by atoms with Gasteiger partial charge in [0.2, 0.25) is 0 Å². The lowest BCUT2D eigenvalue weighted by atomic mass is 10.1. The Kier molecular flexibility index (Phi) is 5.76. The summed E-state index contributed by atoms with van der Waals surface area (Å²) in [6.07, 6.45) is 0. The Hall–Kier alpha value is -1.63. The van der Waals surface area contributed by atoms with Crippen LogP contribution in [0.3, 0.4) is 0 Å². The number of aromatic nitrogens is 1. The van der Waals surface area contributed by atoms with E-state index in [4.69, 9.17) is 14.2 Å². The topological polar surface area (TPSA) is 49.7 Å². The van der Waals surface area contributed by atoms with Gasteiger partial charge in [0, 0.05) is 29.6 Å². The molecule has 0 bridgehead atoms. The fourth-order valence-electron chi connectivity index (χ4n) is 2.27. The van der Waals surface area contributed by atoms with Crippen LogP contribution in [-0.4, -0.2) is 32.2 Å². The third-order valence-electron chi connectivity index (χ3n) is 3.30. The maximum atomic E-state index is 12.5. The molecule has 0 atom stereocenters. The standard InChI is InChI=1S/C16H18BrNO4/c1-11-6-16(19)18(12(8-17)9-22-10-20-2)15-7-13(21-3)4-5-14(11)15/h4-8H,9-10H2,1-3H3/b12-8-. The third kappa shape index (κ3) is 3.40. The molecule has 0 aliphatic carbocycles. The molecule has 2 aromatic rings. The first-order valence-electron chi connectivity index (χ1n) is 6.69. The van der Waals surface area contributed by atoms with E-state index in [1.807, 2.05) is 25.1 Å². The first kappa shape index (κ1) is 16.7. The lowest BCUT2D eigenvalue weighted by molar-refractivity contribution is -0.0174. The van der Waals surface area contributed by atoms with Crippen LogP contribution in [0.15, 0.2) is 34.0 Å². The number of halogens is 1. The van der Waals surface area contributed by atoms with E-state index in [-0.39, 0.29) is 19.0 Å². The van der Waals surface area contributed by atoms with E-state index >= 15 is 0 Å². The summed E-state index contributed by atoms with van der Waals surface area (Å²) < 4.78 is 17.1. The number of benzene rings is 1. The van der Waals surface area contributed by atoms with Crippen LogP contribution in [0.1, 0.15) is 5.56 Å². The molecule has 0 saturated carbocycles. The SMILES string of the molecule is COCOC/C(=C/Br)n1c(=O)cc(C)c2ccc(OC)cc21. The molecule has 5 nitrogen and oxygen atoms in total. The summed E-state index contributed by atoms with van der Waals surface area (Å²) >= 11 is 3.30. The van der Waals surface area contributed by atoms with E-state index < -0.39 is 0 Å². The Labute approximate surface area is 137 Å². The number of fused-ring (bicyclic) bond motifs is 1. The zero-order chi connectivity index (χ0) is 16.1. The molecular weight excluding hydrogens is 350 g/mol. The summed E-state index contributed by atoms with van der Waals surface area (Å²) in [4.78, 5) is 14.1. The van der Waals surface area contributed by atoms with Crippen LogP contribution in [-0.2, 0) is 9.47 Å². The van der Waals surface area contributed by atoms with E-state index in [2.05, 4.69) is 15.9 Å². The van der Waals surface area contributed by atoms with Crippen molar-refractivity contribution in [3.63, 3.8) is 0 Å². The molecule has 1 aromatic heterocycles. The van der Waals surface area contributed by atoms with Gasteiger partial charge in [-0.3, -0.25) is 9.36 Å². The molecule has 0 aliphatic rings. The number of pyridine rings is 1. The molecule has 0 saturated heterocycles. The second-order valence-electron chi connectivity index (χ2n) is 4.74. The lowest BCUT2D eigenvalue weighted by Crippen LogP contribution is -2.22. The van der Waals surface area contributed by atoms with Gasteiger partial charge in [-0.1, -0.05) is 15.9 Å². The summed E-state index contributed by atoms with van der Waals surface area (Å²) in [5, 5.41) is 0.985. The summed E-state index contributed by atoms with van der Waals surface area (Å²) in [5.74, 6) is 0.693. The molecule has 0 radical (unpaired) electrons. The number of hydrogen-bond donors (Lipinski definition) is 0. The second-order valence-corrected chi connectivity index (χ2v) is 5.20. The van der Waals surface area contributed by atoms with E-state index in [1.165, 1.54) is 0 Å². The molecule has 118 valence electrons. The van der Waals surface area contributed by atoms with Crippen molar-refractivity contribution in [1.29, 1.82) is 0 Å². The van der Waals surface area contributed by atoms with Gasteiger partial charge in [-0.2, -0.15) is 0 Å². The molecule has 0 N–H and O–H groups in total. The smallest absolute Gasteiger partial charge is 0.255 e. The largest absolute Gasteiger partial charge is 0.497 e. The highest BCUT2D eigenvalue weighted by atomic mass is 79.9. The third-order valence-corrected chi connectivity index (χ3v) is 3.82. The minimum Gasteiger partial charge on any atom is -0.497 e. The predicted molar refractivity (Wildman–Crippen MR) is 90.5 cm³/mol. The average Bonchev–Trinajstić information content (AvgIpc) is 2.52. The van der Waals surface area contributed by atoms with Crippen molar-refractivity contribution in [2.45, 2.75) is 6.92 Å². The maximum absolute atomic E-state index is 12.5. The van der Waals surface area contributed by atoms with Crippen molar-refractivity contribution in [2.24, 2.45) is 0 Å². The Morgan fingerprint density at radius 3 is 2.73 bits per heavy atom. The van der Waals surface area contributed by atoms with Crippen LogP contribution >= 0.6 is 15.9 Å². The van der Waals surface area contributed by atoms with E-state index in [0.29, 0.717) is 11.4 Å². The number of nitrogens with zero attached hydrogens (tertiary/aromatic N) is 1. The minimum absolute atomic E-state index is 0.120. The molecule has 1 aromatic carbocycles. The zero-order valence-electron chi connectivity index (χ0n) is 12.8. The number of methoxy groups -OCH3 is 2. The molecular formula is C16H18BrNO4. The second kappa shape index (κ2) is 7.58. The van der Waals surface area contributed by atoms with Gasteiger partial charge in [-0.25, -0.2) is 0 Å². The van der Waals surface area contributed by atoms with Gasteiger partial charge >= 0.3 is 0 Å². The number of ether oxygens (including phenoxy) is 3. The Morgan fingerprint density at radius 2 is 2.09 bits per heavy atom. The predicted octanol–water partition coefficient (Wildman–Crippen LogP) is 3.13. The summed E-state index contributed by atoms with van der Waals surface area (Å²) in [5.41, 5.74) is 2.26. The van der Waals surface area contributed by atoms with E-state index in [0.717, 1.165) is 16.5 Å². The molecule has 0 amide bonds. The van der Waals surface area contributed by atoms with Crippen molar-refractivity contribution in [1.82, 2.24) is 4.57 Å². The molecule has 0 spiro atoms. The molecule has 6 heteroatoms. The normalized spacial score (nSPS) is 11.9. The van der Waals surface area contributed by atoms with Gasteiger partial charge in [0.25, 0.3) is 5.56 Å². The van der Waals surface area contributed by atoms with Crippen molar-refractivity contribution in [2.75, 3.05) is 27.6 Å². The fourth-order valence-corrected chi connectivity index (χ4v) is 2.61. The zero-order valence-corrected chi connectivity index (χ0v) is 14.3. The maximum Gasteiger partial charge on any atom is 0.255 e. The van der Waals surface area contributed by atoms with Crippen molar-refractivity contribution in [3.8, 4) is 5.75 Å². The van der Waals surface area contributed by atoms with E-state index in [1.54, 1.807) is 29.8 Å². The van der Waals surface area contributed by atoms with Gasteiger partial charge in [0.05, 0.1) is 24.9 Å². The quantitative estimate of drug-likeness (QED) is 0.581. The van der Waals surface area contributed by atoms with Gasteiger partial charge in [0.1, 0.15) is 12.5 Å². The highest BCUT2D eigenvalue weighted by molar-refractivity contribution is 9.11. The van der Waals surface area contributed by atoms with Gasteiger partial charge in [-0.05, 0) is 24.6 Å². The summed E-state index contributed by atoms with van der Waals surface area (Å²) in [6, 6.07) is 7.28. The Bertz CT molecular complexity index is 752. The first-order chi connectivity index (χ1) is 10.6. The Morgan fingerprint density at radius 1 is 1.32 bits per heavy atom. The molecule has 0 fully saturated rings. The molecule has 2 rings (SSSR count). The fraction of sp³-hybridized carbons (Fsp3) is 0.312. The lowest BCUT2D eigenvalue weighted by Gasteiger charge is -2.15. The first-order valence-corrected chi connectivity index (χ1v) is 7.60. The van der Waals surface area contributed by atoms with Crippen LogP contribution in [0.5, 0.6) is 5.75 Å². The summed E-state index contributed by atoms with van der Waals surface area (Å²) in [6.45, 7) is 2.32. The monoisotopic (exact) mass is 367 g/mol. The van der Waals surface area contributed by atoms with Gasteiger partial charge < -0.3 is 14.2 Å². The van der Waals surface area contributed by atoms with Crippen molar-refractivity contribution in [3.05, 3.63) is 45.2 Å². The van der Waals surface area contributed by atoms with Crippen LogP contribution in [0.2, 0.25) is 0 Å². The average molecular weight is 368 g/mol. The minimum atomic E-state index is -0.120. The van der Waals surface area contributed by atoms with Gasteiger partial charge in [0.15, 0.2) is 0 Å². The molecule has 0 aliphatic heterocycles. The van der Waals surface area contributed by atoms with Crippen LogP contribution in [0.25, 0.3) is 16.6 Å². The highest BCUT2D eigenvalue weighted by Gasteiger charge is 2.11. The Balaban J connectivity index is 2.62. The molecule has 22 heavy (non-hydrogen) atoms. The number of rotatable bonds is 6.